The molecule has 0 aliphatic rings. The molecule has 0 saturated carbocycles. The van der Waals surface area contributed by atoms with Gasteiger partial charge in [0, 0.05) is 12.2 Å². The first kappa shape index (κ1) is 14.7. The third-order valence-electron chi connectivity index (χ3n) is 2.30. The van der Waals surface area contributed by atoms with E-state index in [1.807, 2.05) is 42.6 Å². The number of nitrogens with zero attached hydrogens (tertiary/aromatic N) is 2. The van der Waals surface area contributed by atoms with Crippen LogP contribution in [0.5, 0.6) is 0 Å². The first-order valence-electron chi connectivity index (χ1n) is 5.21. The summed E-state index contributed by atoms with van der Waals surface area (Å²) in [6, 6.07) is 0.236. The predicted molar refractivity (Wildman–Crippen MR) is 65.7 cm³/mol. The van der Waals surface area contributed by atoms with Crippen LogP contribution < -0.4 is 0 Å². The van der Waals surface area contributed by atoms with Crippen LogP contribution >= 0.6 is 22.6 Å². The maximum absolute atomic E-state index is 11.9. The number of hydrogen-bond acceptors (Lipinski definition) is 2. The third-order valence-corrected chi connectivity index (χ3v) is 3.21. The van der Waals surface area contributed by atoms with E-state index in [2.05, 4.69) is 9.84 Å². The molecule has 1 aromatic heterocycles. The molecule has 1 atom stereocenters. The van der Waals surface area contributed by atoms with Crippen LogP contribution in [0.3, 0.4) is 0 Å². The van der Waals surface area contributed by atoms with Gasteiger partial charge in [0.2, 0.25) is 0 Å². The van der Waals surface area contributed by atoms with Gasteiger partial charge in [0.15, 0.2) is 0 Å². The summed E-state index contributed by atoms with van der Waals surface area (Å²) in [5.74, 6) is 0. The fraction of sp³-hybridized carbons (Fsp3) is 0.700. The van der Waals surface area contributed by atoms with E-state index >= 15 is 0 Å². The van der Waals surface area contributed by atoms with E-state index in [1.54, 1.807) is 4.68 Å². The predicted octanol–water partition coefficient (Wildman–Crippen LogP) is 3.54. The third kappa shape index (κ3) is 4.82. The van der Waals surface area contributed by atoms with Crippen molar-refractivity contribution in [2.75, 3.05) is 6.61 Å². The lowest BCUT2D eigenvalue weighted by Gasteiger charge is -2.08. The van der Waals surface area contributed by atoms with Crippen molar-refractivity contribution in [3.8, 4) is 0 Å². The Balaban J connectivity index is 2.57. The number of halogens is 4. The summed E-state index contributed by atoms with van der Waals surface area (Å²) in [5, 5.41) is 4.22. The van der Waals surface area contributed by atoms with Crippen LogP contribution in [-0.2, 0) is 11.3 Å². The molecule has 0 unspecified atom stereocenters. The molecule has 0 fully saturated rings. The molecule has 1 aromatic rings. The zero-order chi connectivity index (χ0) is 13.1. The Morgan fingerprint density at radius 2 is 2.18 bits per heavy atom. The van der Waals surface area contributed by atoms with Crippen LogP contribution in [-0.4, -0.2) is 22.6 Å². The summed E-state index contributed by atoms with van der Waals surface area (Å²) in [7, 11) is 0. The van der Waals surface area contributed by atoms with Crippen LogP contribution in [0.4, 0.5) is 13.2 Å². The quantitative estimate of drug-likeness (QED) is 0.750. The molecule has 0 aliphatic carbocycles. The van der Waals surface area contributed by atoms with Crippen molar-refractivity contribution in [3.63, 3.8) is 0 Å². The van der Waals surface area contributed by atoms with Gasteiger partial charge in [-0.05, 0) is 35.9 Å². The maximum Gasteiger partial charge on any atom is 0.411 e. The average Bonchev–Trinajstić information content (AvgIpc) is 2.57. The normalized spacial score (nSPS) is 14.0. The molecule has 1 rings (SSSR count). The van der Waals surface area contributed by atoms with Gasteiger partial charge in [-0.3, -0.25) is 4.68 Å². The van der Waals surface area contributed by atoms with Crippen molar-refractivity contribution < 1.29 is 17.9 Å². The van der Waals surface area contributed by atoms with E-state index < -0.39 is 12.8 Å². The number of aromatic nitrogens is 2. The lowest BCUT2D eigenvalue weighted by Crippen LogP contribution is -2.17. The van der Waals surface area contributed by atoms with Crippen LogP contribution in [0.1, 0.15) is 32.0 Å². The zero-order valence-electron chi connectivity index (χ0n) is 9.59. The molecule has 0 aromatic carbocycles. The Hall–Kier alpha value is -0.310. The summed E-state index contributed by atoms with van der Waals surface area (Å²) < 4.78 is 42.9. The zero-order valence-corrected chi connectivity index (χ0v) is 11.7. The second-order valence-corrected chi connectivity index (χ2v) is 4.93. The largest absolute Gasteiger partial charge is 0.411 e. The van der Waals surface area contributed by atoms with Gasteiger partial charge in [-0.25, -0.2) is 0 Å². The highest BCUT2D eigenvalue weighted by atomic mass is 127. The van der Waals surface area contributed by atoms with E-state index in [4.69, 9.17) is 0 Å². The van der Waals surface area contributed by atoms with Gasteiger partial charge in [0.1, 0.15) is 12.3 Å². The van der Waals surface area contributed by atoms with Crippen molar-refractivity contribution in [1.82, 2.24) is 9.78 Å². The minimum atomic E-state index is -4.29. The standard InChI is InChI=1S/C10H14F3IN2O/c1-3-7(2)16-4-8(14)9(15-16)5-17-6-10(11,12)13/h4,7H,3,5-6H2,1-2H3/t7-/m1/s1. The fourth-order valence-electron chi connectivity index (χ4n) is 1.18. The Morgan fingerprint density at radius 3 is 2.71 bits per heavy atom. The van der Waals surface area contributed by atoms with Crippen molar-refractivity contribution >= 4 is 22.6 Å². The van der Waals surface area contributed by atoms with Crippen molar-refractivity contribution in [3.05, 3.63) is 15.5 Å². The minimum absolute atomic E-state index is 0.110. The van der Waals surface area contributed by atoms with E-state index in [1.165, 1.54) is 0 Å². The molecule has 3 nitrogen and oxygen atoms in total. The van der Waals surface area contributed by atoms with E-state index in [9.17, 15) is 13.2 Å². The molecule has 0 amide bonds. The second kappa shape index (κ2) is 6.03. The Kier molecular flexibility index (Phi) is 5.23. The van der Waals surface area contributed by atoms with Crippen molar-refractivity contribution in [2.45, 2.75) is 39.1 Å². The number of rotatable bonds is 5. The molecule has 7 heteroatoms. The van der Waals surface area contributed by atoms with Gasteiger partial charge < -0.3 is 4.74 Å². The molecule has 0 spiro atoms. The van der Waals surface area contributed by atoms with Crippen LogP contribution in [0.15, 0.2) is 6.20 Å². The number of alkyl halides is 3. The summed E-state index contributed by atoms with van der Waals surface area (Å²) in [6.45, 7) is 2.68. The van der Waals surface area contributed by atoms with Crippen molar-refractivity contribution in [2.24, 2.45) is 0 Å². The summed E-state index contributed by atoms with van der Waals surface area (Å²) in [4.78, 5) is 0. The molecular weight excluding hydrogens is 348 g/mol. The molecule has 17 heavy (non-hydrogen) atoms. The Morgan fingerprint density at radius 1 is 1.53 bits per heavy atom. The van der Waals surface area contributed by atoms with Gasteiger partial charge in [0.25, 0.3) is 0 Å². The SMILES string of the molecule is CC[C@@H](C)n1cc(I)c(COCC(F)(F)F)n1. The topological polar surface area (TPSA) is 27.1 Å². The lowest BCUT2D eigenvalue weighted by molar-refractivity contribution is -0.176. The molecular formula is C10H14F3IN2O. The van der Waals surface area contributed by atoms with Gasteiger partial charge in [-0.15, -0.1) is 0 Å². The van der Waals surface area contributed by atoms with E-state index in [0.29, 0.717) is 5.69 Å². The smallest absolute Gasteiger partial charge is 0.366 e. The molecule has 0 aliphatic heterocycles. The first-order chi connectivity index (χ1) is 7.83. The van der Waals surface area contributed by atoms with Gasteiger partial charge in [-0.1, -0.05) is 6.92 Å². The second-order valence-electron chi connectivity index (χ2n) is 3.77. The summed E-state index contributed by atoms with van der Waals surface area (Å²) in [5.41, 5.74) is 0.551. The van der Waals surface area contributed by atoms with Crippen LogP contribution in [0, 0.1) is 3.57 Å². The summed E-state index contributed by atoms with van der Waals surface area (Å²) >= 11 is 2.05. The highest BCUT2D eigenvalue weighted by molar-refractivity contribution is 14.1. The number of hydrogen-bond donors (Lipinski definition) is 0. The molecule has 1 heterocycles. The van der Waals surface area contributed by atoms with Crippen molar-refractivity contribution in [1.29, 1.82) is 0 Å². The monoisotopic (exact) mass is 362 g/mol. The molecule has 0 N–H and O–H groups in total. The Labute approximate surface area is 111 Å². The lowest BCUT2D eigenvalue weighted by atomic mass is 10.3. The van der Waals surface area contributed by atoms with Crippen LogP contribution in [0.2, 0.25) is 0 Å². The highest BCUT2D eigenvalue weighted by Gasteiger charge is 2.27. The van der Waals surface area contributed by atoms with E-state index in [0.717, 1.165) is 9.99 Å². The van der Waals surface area contributed by atoms with E-state index in [-0.39, 0.29) is 12.6 Å². The average molecular weight is 362 g/mol. The number of ether oxygens (including phenoxy) is 1. The maximum atomic E-state index is 11.9. The molecule has 0 bridgehead atoms. The Bertz CT molecular complexity index is 365. The molecule has 0 saturated heterocycles. The minimum Gasteiger partial charge on any atom is -0.366 e. The molecule has 98 valence electrons. The van der Waals surface area contributed by atoms with Gasteiger partial charge in [-0.2, -0.15) is 18.3 Å². The van der Waals surface area contributed by atoms with Crippen LogP contribution in [0.25, 0.3) is 0 Å². The molecule has 0 radical (unpaired) electrons. The fourth-order valence-corrected chi connectivity index (χ4v) is 1.73. The summed E-state index contributed by atoms with van der Waals surface area (Å²) in [6.07, 6.45) is -1.55. The van der Waals surface area contributed by atoms with Gasteiger partial charge in [0.05, 0.1) is 10.2 Å². The highest BCUT2D eigenvalue weighted by Crippen LogP contribution is 2.19. The van der Waals surface area contributed by atoms with Gasteiger partial charge >= 0.3 is 6.18 Å². The first-order valence-corrected chi connectivity index (χ1v) is 6.29.